The second-order valence-electron chi connectivity index (χ2n) is 9.35. The van der Waals surface area contributed by atoms with Crippen molar-refractivity contribution in [2.45, 2.75) is 64.6 Å². The smallest absolute Gasteiger partial charge is 0.229 e. The number of hydrogen-bond donors (Lipinski definition) is 3. The summed E-state index contributed by atoms with van der Waals surface area (Å²) >= 11 is 0. The summed E-state index contributed by atoms with van der Waals surface area (Å²) in [7, 11) is 0. The van der Waals surface area contributed by atoms with Crippen LogP contribution in [0.5, 0.6) is 0 Å². The van der Waals surface area contributed by atoms with E-state index < -0.39 is 5.82 Å². The van der Waals surface area contributed by atoms with E-state index in [9.17, 15) is 4.39 Å². The minimum Gasteiger partial charge on any atom is -0.365 e. The highest BCUT2D eigenvalue weighted by atomic mass is 19.1. The van der Waals surface area contributed by atoms with Crippen molar-refractivity contribution in [1.29, 1.82) is 0 Å². The predicted molar refractivity (Wildman–Crippen MR) is 117 cm³/mol. The fraction of sp³-hybridized carbons (Fsp3) is 0.476. The Balaban J connectivity index is 1.53. The first-order valence-corrected chi connectivity index (χ1v) is 10.3. The van der Waals surface area contributed by atoms with Gasteiger partial charge >= 0.3 is 0 Å². The fourth-order valence-corrected chi connectivity index (χ4v) is 4.46. The van der Waals surface area contributed by atoms with Crippen molar-refractivity contribution in [3.05, 3.63) is 42.1 Å². The molecule has 0 radical (unpaired) electrons. The molecule has 1 aliphatic rings. The van der Waals surface area contributed by atoms with E-state index in [-0.39, 0.29) is 22.9 Å². The average Bonchev–Trinajstić information content (AvgIpc) is 3.08. The molecule has 0 unspecified atom stereocenters. The molecule has 1 aromatic carbocycles. The summed E-state index contributed by atoms with van der Waals surface area (Å²) < 4.78 is 16.1. The van der Waals surface area contributed by atoms with Crippen molar-refractivity contribution in [2.24, 2.45) is 0 Å². The van der Waals surface area contributed by atoms with Crippen LogP contribution < -0.4 is 16.0 Å². The molecule has 3 heterocycles. The third-order valence-electron chi connectivity index (χ3n) is 5.25. The highest BCUT2D eigenvalue weighted by molar-refractivity contribution is 5.58. The molecule has 0 aliphatic carbocycles. The predicted octanol–water partition coefficient (Wildman–Crippen LogP) is 3.36. The molecule has 1 fully saturated rings. The first-order valence-electron chi connectivity index (χ1n) is 10.3. The number of nitrogens with one attached hydrogen (secondary N) is 3. The molecule has 164 valence electrons. The first-order chi connectivity index (χ1) is 14.6. The molecular formula is C21H28FN9. The van der Waals surface area contributed by atoms with Gasteiger partial charge in [0.05, 0.1) is 11.9 Å². The number of benzene rings is 1. The van der Waals surface area contributed by atoms with Gasteiger partial charge in [0.2, 0.25) is 5.95 Å². The normalized spacial score (nSPS) is 18.0. The Labute approximate surface area is 180 Å². The molecule has 9 nitrogen and oxygen atoms in total. The Morgan fingerprint density at radius 3 is 2.58 bits per heavy atom. The molecule has 0 amide bonds. The molecule has 0 bridgehead atoms. The Bertz CT molecular complexity index is 1060. The minimum absolute atomic E-state index is 0.0568. The fourth-order valence-electron chi connectivity index (χ4n) is 4.46. The molecular weight excluding hydrogens is 397 g/mol. The standard InChI is InChI=1S/C21H28FN9/c1-13-27-29-30-31(13)16-8-6-7-14(9-16)25-19-23-12-17(22)18(26-19)24-15-10-20(2,3)28-21(4,5)11-15/h6-9,12,15,28H,10-11H2,1-5H3,(H2,23,24,25,26). The molecule has 10 heteroatoms. The maximum absolute atomic E-state index is 14.5. The van der Waals surface area contributed by atoms with Crippen molar-refractivity contribution in [3.63, 3.8) is 0 Å². The highest BCUT2D eigenvalue weighted by Crippen LogP contribution is 2.31. The third-order valence-corrected chi connectivity index (χ3v) is 5.25. The van der Waals surface area contributed by atoms with Crippen LogP contribution in [0.4, 0.5) is 21.8 Å². The summed E-state index contributed by atoms with van der Waals surface area (Å²) in [5, 5.41) is 21.6. The van der Waals surface area contributed by atoms with Crippen molar-refractivity contribution < 1.29 is 4.39 Å². The molecule has 31 heavy (non-hydrogen) atoms. The average molecular weight is 426 g/mol. The van der Waals surface area contributed by atoms with Crippen LogP contribution in [-0.4, -0.2) is 47.3 Å². The maximum Gasteiger partial charge on any atom is 0.229 e. The molecule has 2 aromatic heterocycles. The van der Waals surface area contributed by atoms with Gasteiger partial charge in [-0.1, -0.05) is 6.07 Å². The van der Waals surface area contributed by atoms with Gasteiger partial charge in [-0.25, -0.2) is 9.37 Å². The van der Waals surface area contributed by atoms with E-state index in [1.165, 1.54) is 6.20 Å². The molecule has 1 saturated heterocycles. The minimum atomic E-state index is -0.474. The van der Waals surface area contributed by atoms with Crippen molar-refractivity contribution in [2.75, 3.05) is 10.6 Å². The largest absolute Gasteiger partial charge is 0.365 e. The number of piperidine rings is 1. The van der Waals surface area contributed by atoms with Gasteiger partial charge in [-0.2, -0.15) is 9.67 Å². The van der Waals surface area contributed by atoms with Crippen LogP contribution in [0.25, 0.3) is 5.69 Å². The summed E-state index contributed by atoms with van der Waals surface area (Å²) in [5.74, 6) is 0.706. The molecule has 3 N–H and O–H groups in total. The zero-order chi connectivity index (χ0) is 22.2. The van der Waals surface area contributed by atoms with Crippen molar-refractivity contribution in [3.8, 4) is 5.69 Å². The highest BCUT2D eigenvalue weighted by Gasteiger charge is 2.38. The summed E-state index contributed by atoms with van der Waals surface area (Å²) in [6, 6.07) is 7.62. The summed E-state index contributed by atoms with van der Waals surface area (Å²) in [4.78, 5) is 8.49. The van der Waals surface area contributed by atoms with Crippen LogP contribution in [0.3, 0.4) is 0 Å². The van der Waals surface area contributed by atoms with Crippen LogP contribution in [0.15, 0.2) is 30.5 Å². The summed E-state index contributed by atoms with van der Waals surface area (Å²) in [6.45, 7) is 10.5. The monoisotopic (exact) mass is 425 g/mol. The Kier molecular flexibility index (Phi) is 5.34. The van der Waals surface area contributed by atoms with Gasteiger partial charge in [-0.05, 0) is 76.1 Å². The maximum atomic E-state index is 14.5. The second kappa shape index (κ2) is 7.84. The third kappa shape index (κ3) is 4.96. The van der Waals surface area contributed by atoms with Crippen LogP contribution in [0.2, 0.25) is 0 Å². The van der Waals surface area contributed by atoms with Crippen molar-refractivity contribution >= 4 is 17.5 Å². The number of tetrazole rings is 1. The quantitative estimate of drug-likeness (QED) is 0.571. The molecule has 4 rings (SSSR count). The van der Waals surface area contributed by atoms with Gasteiger partial charge < -0.3 is 16.0 Å². The molecule has 3 aromatic rings. The first kappa shape index (κ1) is 21.1. The molecule has 0 atom stereocenters. The van der Waals surface area contributed by atoms with Gasteiger partial charge in [-0.15, -0.1) is 5.10 Å². The van der Waals surface area contributed by atoms with E-state index >= 15 is 0 Å². The van der Waals surface area contributed by atoms with E-state index in [0.29, 0.717) is 11.8 Å². The van der Waals surface area contributed by atoms with E-state index in [1.807, 2.05) is 31.2 Å². The zero-order valence-electron chi connectivity index (χ0n) is 18.4. The Morgan fingerprint density at radius 1 is 1.16 bits per heavy atom. The van der Waals surface area contributed by atoms with E-state index in [2.05, 4.69) is 69.1 Å². The lowest BCUT2D eigenvalue weighted by atomic mass is 9.79. The molecule has 0 spiro atoms. The van der Waals surface area contributed by atoms with Gasteiger partial charge in [0.1, 0.15) is 0 Å². The van der Waals surface area contributed by atoms with Gasteiger partial charge in [-0.3, -0.25) is 0 Å². The number of halogens is 1. The van der Waals surface area contributed by atoms with Crippen molar-refractivity contribution in [1.82, 2.24) is 35.5 Å². The van der Waals surface area contributed by atoms with E-state index in [4.69, 9.17) is 0 Å². The van der Waals surface area contributed by atoms with E-state index in [1.54, 1.807) is 4.68 Å². The van der Waals surface area contributed by atoms with Gasteiger partial charge in [0.15, 0.2) is 17.5 Å². The SMILES string of the molecule is Cc1nnnn1-c1cccc(Nc2ncc(F)c(NC3CC(C)(C)NC(C)(C)C3)n2)c1. The molecule has 1 aliphatic heterocycles. The topological polar surface area (TPSA) is 105 Å². The van der Waals surface area contributed by atoms with Gasteiger partial charge in [0, 0.05) is 22.8 Å². The number of anilines is 3. The second-order valence-corrected chi connectivity index (χ2v) is 9.35. The van der Waals surface area contributed by atoms with Crippen LogP contribution >= 0.6 is 0 Å². The van der Waals surface area contributed by atoms with Gasteiger partial charge in [0.25, 0.3) is 0 Å². The van der Waals surface area contributed by atoms with E-state index in [0.717, 1.165) is 24.2 Å². The summed E-state index contributed by atoms with van der Waals surface area (Å²) in [6.07, 6.45) is 2.90. The number of nitrogens with zero attached hydrogens (tertiary/aromatic N) is 6. The number of aryl methyl sites for hydroxylation is 1. The summed E-state index contributed by atoms with van der Waals surface area (Å²) in [5.41, 5.74) is 1.43. The molecule has 0 saturated carbocycles. The lowest BCUT2D eigenvalue weighted by Crippen LogP contribution is -2.60. The number of rotatable bonds is 5. The lowest BCUT2D eigenvalue weighted by Gasteiger charge is -2.46. The Hall–Kier alpha value is -3.14. The van der Waals surface area contributed by atoms with Crippen LogP contribution in [0.1, 0.15) is 46.4 Å². The van der Waals surface area contributed by atoms with Crippen LogP contribution in [-0.2, 0) is 0 Å². The zero-order valence-corrected chi connectivity index (χ0v) is 18.4. The lowest BCUT2D eigenvalue weighted by molar-refractivity contribution is 0.170. The number of hydrogen-bond acceptors (Lipinski definition) is 8. The Morgan fingerprint density at radius 2 is 1.90 bits per heavy atom. The van der Waals surface area contributed by atoms with Crippen LogP contribution in [0, 0.1) is 12.7 Å². The number of aromatic nitrogens is 6.